The standard InChI is InChI=1S/C15H12F3NO4/c1-9(14(20)21)22-11-3-2-4-12(8-11)23-13-7-10(5-6-19-13)15(16,17)18/h2-9H,1H3,(H,20,21). The van der Waals surface area contributed by atoms with E-state index in [1.54, 1.807) is 0 Å². The molecule has 1 unspecified atom stereocenters. The number of carboxylic acids is 1. The van der Waals surface area contributed by atoms with Crippen molar-refractivity contribution in [2.75, 3.05) is 0 Å². The van der Waals surface area contributed by atoms with Gasteiger partial charge >= 0.3 is 12.1 Å². The van der Waals surface area contributed by atoms with E-state index in [1.807, 2.05) is 0 Å². The van der Waals surface area contributed by atoms with E-state index in [4.69, 9.17) is 14.6 Å². The molecule has 0 amide bonds. The van der Waals surface area contributed by atoms with Crippen LogP contribution in [-0.4, -0.2) is 22.2 Å². The fraction of sp³-hybridized carbons (Fsp3) is 0.200. The van der Waals surface area contributed by atoms with E-state index in [1.165, 1.54) is 31.2 Å². The molecule has 0 saturated carbocycles. The topological polar surface area (TPSA) is 68.7 Å². The van der Waals surface area contributed by atoms with Gasteiger partial charge in [-0.25, -0.2) is 9.78 Å². The molecule has 0 saturated heterocycles. The van der Waals surface area contributed by atoms with E-state index >= 15 is 0 Å². The smallest absolute Gasteiger partial charge is 0.416 e. The molecule has 0 spiro atoms. The number of carbonyl (C=O) groups is 1. The first-order valence-corrected chi connectivity index (χ1v) is 6.46. The highest BCUT2D eigenvalue weighted by atomic mass is 19.4. The van der Waals surface area contributed by atoms with E-state index in [0.29, 0.717) is 0 Å². The highest BCUT2D eigenvalue weighted by molar-refractivity contribution is 5.72. The predicted molar refractivity (Wildman–Crippen MR) is 73.5 cm³/mol. The molecule has 1 heterocycles. The minimum absolute atomic E-state index is 0.173. The first-order valence-electron chi connectivity index (χ1n) is 6.46. The third-order valence-corrected chi connectivity index (χ3v) is 2.75. The molecule has 8 heteroatoms. The Kier molecular flexibility index (Phi) is 4.73. The summed E-state index contributed by atoms with van der Waals surface area (Å²) in [7, 11) is 0. The molecule has 1 atom stereocenters. The van der Waals surface area contributed by atoms with Gasteiger partial charge in [-0.3, -0.25) is 0 Å². The van der Waals surface area contributed by atoms with Crippen molar-refractivity contribution in [2.24, 2.45) is 0 Å². The van der Waals surface area contributed by atoms with Gasteiger partial charge in [0.1, 0.15) is 11.5 Å². The fourth-order valence-corrected chi connectivity index (χ4v) is 1.63. The number of aromatic nitrogens is 1. The molecule has 0 radical (unpaired) electrons. The van der Waals surface area contributed by atoms with Crippen LogP contribution in [-0.2, 0) is 11.0 Å². The normalized spacial score (nSPS) is 12.5. The van der Waals surface area contributed by atoms with Crippen LogP contribution in [0.4, 0.5) is 13.2 Å². The molecule has 0 fully saturated rings. The first kappa shape index (κ1) is 16.6. The quantitative estimate of drug-likeness (QED) is 0.906. The molecule has 0 bridgehead atoms. The van der Waals surface area contributed by atoms with Crippen molar-refractivity contribution in [1.29, 1.82) is 0 Å². The summed E-state index contributed by atoms with van der Waals surface area (Å²) in [6, 6.07) is 7.48. The van der Waals surface area contributed by atoms with Gasteiger partial charge in [-0.15, -0.1) is 0 Å². The zero-order valence-corrected chi connectivity index (χ0v) is 11.9. The number of benzene rings is 1. The number of nitrogens with zero attached hydrogens (tertiary/aromatic N) is 1. The zero-order chi connectivity index (χ0) is 17.0. The van der Waals surface area contributed by atoms with Crippen LogP contribution in [0.5, 0.6) is 17.4 Å². The number of ether oxygens (including phenoxy) is 2. The van der Waals surface area contributed by atoms with Crippen molar-refractivity contribution in [3.63, 3.8) is 0 Å². The Labute approximate surface area is 129 Å². The van der Waals surface area contributed by atoms with Crippen LogP contribution in [0.3, 0.4) is 0 Å². The molecule has 5 nitrogen and oxygen atoms in total. The van der Waals surface area contributed by atoms with Crippen molar-refractivity contribution in [3.8, 4) is 17.4 Å². The Bertz CT molecular complexity index is 703. The number of pyridine rings is 1. The van der Waals surface area contributed by atoms with Crippen molar-refractivity contribution in [2.45, 2.75) is 19.2 Å². The molecular weight excluding hydrogens is 315 g/mol. The molecule has 1 aromatic heterocycles. The molecule has 2 aromatic rings. The van der Waals surface area contributed by atoms with Gasteiger partial charge in [0.15, 0.2) is 6.10 Å². The van der Waals surface area contributed by atoms with Gasteiger partial charge < -0.3 is 14.6 Å². The molecule has 1 N–H and O–H groups in total. The van der Waals surface area contributed by atoms with Crippen LogP contribution in [0.15, 0.2) is 42.6 Å². The lowest BCUT2D eigenvalue weighted by Crippen LogP contribution is -2.22. The highest BCUT2D eigenvalue weighted by Crippen LogP contribution is 2.32. The van der Waals surface area contributed by atoms with Crippen molar-refractivity contribution in [3.05, 3.63) is 48.2 Å². The van der Waals surface area contributed by atoms with Crippen molar-refractivity contribution < 1.29 is 32.5 Å². The molecule has 1 aromatic carbocycles. The number of hydrogen-bond acceptors (Lipinski definition) is 4. The number of rotatable bonds is 5. The lowest BCUT2D eigenvalue weighted by Gasteiger charge is -2.12. The van der Waals surface area contributed by atoms with Gasteiger partial charge in [0.2, 0.25) is 5.88 Å². The van der Waals surface area contributed by atoms with Gasteiger partial charge in [0, 0.05) is 18.3 Å². The van der Waals surface area contributed by atoms with E-state index in [-0.39, 0.29) is 17.4 Å². The van der Waals surface area contributed by atoms with Crippen LogP contribution in [0.2, 0.25) is 0 Å². The van der Waals surface area contributed by atoms with Crippen molar-refractivity contribution in [1.82, 2.24) is 4.98 Å². The molecule has 23 heavy (non-hydrogen) atoms. The summed E-state index contributed by atoms with van der Waals surface area (Å²) < 4.78 is 48.3. The predicted octanol–water partition coefficient (Wildman–Crippen LogP) is 3.74. The minimum Gasteiger partial charge on any atom is -0.479 e. The average molecular weight is 327 g/mol. The van der Waals surface area contributed by atoms with Gasteiger partial charge in [0.05, 0.1) is 5.56 Å². The van der Waals surface area contributed by atoms with Crippen LogP contribution in [0, 0.1) is 0 Å². The first-order chi connectivity index (χ1) is 10.8. The number of aliphatic carboxylic acids is 1. The van der Waals surface area contributed by atoms with Crippen LogP contribution >= 0.6 is 0 Å². The van der Waals surface area contributed by atoms with Crippen LogP contribution in [0.25, 0.3) is 0 Å². The monoisotopic (exact) mass is 327 g/mol. The van der Waals surface area contributed by atoms with Gasteiger partial charge in [-0.1, -0.05) is 6.07 Å². The minimum atomic E-state index is -4.50. The van der Waals surface area contributed by atoms with Gasteiger partial charge in [-0.2, -0.15) is 13.2 Å². The Morgan fingerprint density at radius 3 is 2.57 bits per heavy atom. The third kappa shape index (κ3) is 4.60. The molecule has 0 aliphatic heterocycles. The molecule has 0 aliphatic carbocycles. The van der Waals surface area contributed by atoms with Gasteiger partial charge in [0.25, 0.3) is 0 Å². The summed E-state index contributed by atoms with van der Waals surface area (Å²) >= 11 is 0. The maximum absolute atomic E-state index is 12.6. The third-order valence-electron chi connectivity index (χ3n) is 2.75. The average Bonchev–Trinajstić information content (AvgIpc) is 2.47. The maximum atomic E-state index is 12.6. The second kappa shape index (κ2) is 6.55. The Morgan fingerprint density at radius 1 is 1.22 bits per heavy atom. The van der Waals surface area contributed by atoms with E-state index in [0.717, 1.165) is 18.3 Å². The fourth-order valence-electron chi connectivity index (χ4n) is 1.63. The summed E-state index contributed by atoms with van der Waals surface area (Å²) in [6.07, 6.45) is -4.58. The van der Waals surface area contributed by atoms with Crippen LogP contribution < -0.4 is 9.47 Å². The number of carboxylic acid groups (broad SMARTS) is 1. The summed E-state index contributed by atoms with van der Waals surface area (Å²) in [6.45, 7) is 1.35. The van der Waals surface area contributed by atoms with Crippen LogP contribution in [0.1, 0.15) is 12.5 Å². The Balaban J connectivity index is 2.16. The zero-order valence-electron chi connectivity index (χ0n) is 11.9. The second-order valence-corrected chi connectivity index (χ2v) is 4.56. The summed E-state index contributed by atoms with van der Waals surface area (Å²) in [5.74, 6) is -0.990. The molecule has 2 rings (SSSR count). The molecular formula is C15H12F3NO4. The lowest BCUT2D eigenvalue weighted by atomic mass is 10.2. The number of hydrogen-bond donors (Lipinski definition) is 1. The Morgan fingerprint density at radius 2 is 1.91 bits per heavy atom. The lowest BCUT2D eigenvalue weighted by molar-refractivity contribution is -0.144. The molecule has 0 aliphatic rings. The van der Waals surface area contributed by atoms with Gasteiger partial charge in [-0.05, 0) is 25.1 Å². The summed E-state index contributed by atoms with van der Waals surface area (Å²) in [5.41, 5.74) is -0.880. The second-order valence-electron chi connectivity index (χ2n) is 4.56. The SMILES string of the molecule is CC(Oc1cccc(Oc2cc(C(F)(F)F)ccn2)c1)C(=O)O. The summed E-state index contributed by atoms with van der Waals surface area (Å²) in [4.78, 5) is 14.4. The van der Waals surface area contributed by atoms with E-state index in [9.17, 15) is 18.0 Å². The van der Waals surface area contributed by atoms with E-state index < -0.39 is 23.8 Å². The highest BCUT2D eigenvalue weighted by Gasteiger charge is 2.31. The number of alkyl halides is 3. The molecule has 122 valence electrons. The summed E-state index contributed by atoms with van der Waals surface area (Å²) in [5, 5.41) is 8.78. The number of halogens is 3. The van der Waals surface area contributed by atoms with Crippen molar-refractivity contribution >= 4 is 5.97 Å². The Hall–Kier alpha value is -2.77. The van der Waals surface area contributed by atoms with E-state index in [2.05, 4.69) is 4.98 Å². The largest absolute Gasteiger partial charge is 0.479 e. The maximum Gasteiger partial charge on any atom is 0.416 e.